The lowest BCUT2D eigenvalue weighted by Crippen LogP contribution is -2.27. The van der Waals surface area contributed by atoms with Crippen LogP contribution in [0.4, 0.5) is 5.82 Å². The van der Waals surface area contributed by atoms with Gasteiger partial charge in [0.1, 0.15) is 5.82 Å². The predicted octanol–water partition coefficient (Wildman–Crippen LogP) is 2.02. The van der Waals surface area contributed by atoms with E-state index in [1.54, 1.807) is 12.3 Å². The van der Waals surface area contributed by atoms with Crippen LogP contribution in [-0.2, 0) is 6.42 Å². The van der Waals surface area contributed by atoms with Gasteiger partial charge < -0.3 is 15.2 Å². The first kappa shape index (κ1) is 15.4. The van der Waals surface area contributed by atoms with Gasteiger partial charge in [0, 0.05) is 30.2 Å². The second-order valence-electron chi connectivity index (χ2n) is 4.33. The minimum absolute atomic E-state index is 0.189. The van der Waals surface area contributed by atoms with E-state index in [9.17, 15) is 4.79 Å². The van der Waals surface area contributed by atoms with E-state index >= 15 is 0 Å². The zero-order chi connectivity index (χ0) is 15.1. The summed E-state index contributed by atoms with van der Waals surface area (Å²) in [6.45, 7) is 3.24. The molecule has 112 valence electrons. The van der Waals surface area contributed by atoms with Crippen molar-refractivity contribution in [2.45, 2.75) is 19.8 Å². The van der Waals surface area contributed by atoms with Gasteiger partial charge >= 0.3 is 0 Å². The molecule has 0 bridgehead atoms. The van der Waals surface area contributed by atoms with Gasteiger partial charge in [0.25, 0.3) is 5.91 Å². The Bertz CT molecular complexity index is 588. The molecular weight excluding hydrogens is 338 g/mol. The Morgan fingerprint density at radius 2 is 2.24 bits per heavy atom. The van der Waals surface area contributed by atoms with Crippen molar-refractivity contribution >= 4 is 27.7 Å². The molecule has 0 unspecified atom stereocenters. The number of amides is 1. The minimum Gasteiger partial charge on any atom is -0.369 e. The Labute approximate surface area is 130 Å². The van der Waals surface area contributed by atoms with E-state index in [0.29, 0.717) is 30.2 Å². The summed E-state index contributed by atoms with van der Waals surface area (Å²) in [5.41, 5.74) is 0.505. The number of nitrogens with zero attached hydrogens (tertiary/aromatic N) is 3. The van der Waals surface area contributed by atoms with Crippen LogP contribution >= 0.6 is 15.9 Å². The molecule has 1 amide bonds. The van der Waals surface area contributed by atoms with Crippen molar-refractivity contribution in [2.75, 3.05) is 18.4 Å². The quantitative estimate of drug-likeness (QED) is 0.790. The van der Waals surface area contributed by atoms with E-state index in [1.807, 2.05) is 0 Å². The van der Waals surface area contributed by atoms with Crippen LogP contribution < -0.4 is 10.6 Å². The predicted molar refractivity (Wildman–Crippen MR) is 81.1 cm³/mol. The molecule has 2 rings (SSSR count). The second kappa shape index (κ2) is 7.72. The average molecular weight is 354 g/mol. The molecule has 0 aliphatic rings. The van der Waals surface area contributed by atoms with Gasteiger partial charge in [-0.1, -0.05) is 12.1 Å². The van der Waals surface area contributed by atoms with Crippen LogP contribution in [0.5, 0.6) is 0 Å². The lowest BCUT2D eigenvalue weighted by atomic mass is 10.2. The van der Waals surface area contributed by atoms with E-state index in [1.165, 1.54) is 6.39 Å². The number of rotatable bonds is 7. The number of halogens is 1. The molecular formula is C13H16BrN5O2. The monoisotopic (exact) mass is 353 g/mol. The van der Waals surface area contributed by atoms with Gasteiger partial charge in [0.15, 0.2) is 5.82 Å². The molecule has 0 spiro atoms. The number of anilines is 1. The summed E-state index contributed by atoms with van der Waals surface area (Å²) < 4.78 is 5.39. The highest BCUT2D eigenvalue weighted by molar-refractivity contribution is 9.10. The number of pyridine rings is 1. The zero-order valence-corrected chi connectivity index (χ0v) is 13.2. The summed E-state index contributed by atoms with van der Waals surface area (Å²) >= 11 is 3.33. The van der Waals surface area contributed by atoms with Crippen LogP contribution in [0, 0.1) is 0 Å². The first-order valence-electron chi connectivity index (χ1n) is 6.63. The van der Waals surface area contributed by atoms with Gasteiger partial charge in [-0.3, -0.25) is 4.79 Å². The Morgan fingerprint density at radius 1 is 1.38 bits per heavy atom. The molecule has 0 saturated carbocycles. The van der Waals surface area contributed by atoms with E-state index in [0.717, 1.165) is 17.4 Å². The first-order valence-corrected chi connectivity index (χ1v) is 7.43. The number of nitrogens with one attached hydrogen (secondary N) is 2. The van der Waals surface area contributed by atoms with Crippen LogP contribution in [0.2, 0.25) is 0 Å². The number of aromatic nitrogens is 3. The summed E-state index contributed by atoms with van der Waals surface area (Å²) in [4.78, 5) is 20.4. The Morgan fingerprint density at radius 3 is 2.95 bits per heavy atom. The van der Waals surface area contributed by atoms with Gasteiger partial charge in [-0.15, -0.1) is 0 Å². The molecule has 0 fully saturated rings. The fourth-order valence-electron chi connectivity index (χ4n) is 1.68. The van der Waals surface area contributed by atoms with Gasteiger partial charge in [0.2, 0.25) is 6.39 Å². The van der Waals surface area contributed by atoms with Gasteiger partial charge in [-0.25, -0.2) is 4.98 Å². The number of carbonyl (C=O) groups is 1. The maximum atomic E-state index is 12.2. The summed E-state index contributed by atoms with van der Waals surface area (Å²) in [7, 11) is 0. The lowest BCUT2D eigenvalue weighted by molar-refractivity contribution is 0.0954. The highest BCUT2D eigenvalue weighted by Gasteiger charge is 2.13. The highest BCUT2D eigenvalue weighted by atomic mass is 79.9. The fourth-order valence-corrected chi connectivity index (χ4v) is 2.01. The molecule has 2 aromatic heterocycles. The van der Waals surface area contributed by atoms with Gasteiger partial charge in [-0.05, 0) is 28.4 Å². The largest absolute Gasteiger partial charge is 0.369 e. The van der Waals surface area contributed by atoms with E-state index in [2.05, 4.69) is 53.1 Å². The van der Waals surface area contributed by atoms with Crippen molar-refractivity contribution in [1.82, 2.24) is 20.4 Å². The van der Waals surface area contributed by atoms with Gasteiger partial charge in [-0.2, -0.15) is 4.98 Å². The van der Waals surface area contributed by atoms with Crippen LogP contribution in [0.1, 0.15) is 29.5 Å². The molecule has 0 aliphatic carbocycles. The van der Waals surface area contributed by atoms with Gasteiger partial charge in [0.05, 0.1) is 5.56 Å². The number of hydrogen-bond acceptors (Lipinski definition) is 6. The Balaban J connectivity index is 1.98. The van der Waals surface area contributed by atoms with Crippen molar-refractivity contribution in [3.8, 4) is 0 Å². The number of carbonyl (C=O) groups excluding carboxylic acids is 1. The average Bonchev–Trinajstić information content (AvgIpc) is 2.99. The van der Waals surface area contributed by atoms with Crippen molar-refractivity contribution < 1.29 is 9.32 Å². The molecule has 7 nitrogen and oxygen atoms in total. The third kappa shape index (κ3) is 4.52. The third-order valence-corrected chi connectivity index (χ3v) is 3.12. The van der Waals surface area contributed by atoms with Crippen molar-refractivity contribution in [1.29, 1.82) is 0 Å². The maximum absolute atomic E-state index is 12.2. The van der Waals surface area contributed by atoms with Crippen molar-refractivity contribution in [3.05, 3.63) is 34.5 Å². The first-order chi connectivity index (χ1) is 10.2. The Kier molecular flexibility index (Phi) is 5.68. The standard InChI is InChI=1S/C13H16BrN5O2/c1-2-4-15-12-10(6-9(14)7-17-12)13(20)16-5-3-11-18-8-21-19-11/h6-8H,2-5H2,1H3,(H,15,17)(H,16,20). The van der Waals surface area contributed by atoms with E-state index < -0.39 is 0 Å². The minimum atomic E-state index is -0.189. The van der Waals surface area contributed by atoms with E-state index in [4.69, 9.17) is 0 Å². The van der Waals surface area contributed by atoms with Crippen molar-refractivity contribution in [2.24, 2.45) is 0 Å². The molecule has 2 aromatic rings. The molecule has 2 N–H and O–H groups in total. The summed E-state index contributed by atoms with van der Waals surface area (Å²) in [5, 5.41) is 9.65. The molecule has 2 heterocycles. The molecule has 0 atom stereocenters. The normalized spacial score (nSPS) is 10.4. The zero-order valence-electron chi connectivity index (χ0n) is 11.6. The molecule has 0 saturated heterocycles. The molecule has 0 aromatic carbocycles. The van der Waals surface area contributed by atoms with Crippen LogP contribution in [-0.4, -0.2) is 34.1 Å². The van der Waals surface area contributed by atoms with Crippen LogP contribution in [0.15, 0.2) is 27.7 Å². The second-order valence-corrected chi connectivity index (χ2v) is 5.25. The Hall–Kier alpha value is -1.96. The smallest absolute Gasteiger partial charge is 0.255 e. The topological polar surface area (TPSA) is 92.9 Å². The van der Waals surface area contributed by atoms with Crippen molar-refractivity contribution in [3.63, 3.8) is 0 Å². The molecule has 21 heavy (non-hydrogen) atoms. The van der Waals surface area contributed by atoms with Crippen LogP contribution in [0.25, 0.3) is 0 Å². The number of hydrogen-bond donors (Lipinski definition) is 2. The summed E-state index contributed by atoms with van der Waals surface area (Å²) in [5.74, 6) is 0.954. The summed E-state index contributed by atoms with van der Waals surface area (Å²) in [6.07, 6.45) is 4.40. The fraction of sp³-hybridized carbons (Fsp3) is 0.385. The third-order valence-electron chi connectivity index (χ3n) is 2.68. The molecule has 0 aliphatic heterocycles. The van der Waals surface area contributed by atoms with Crippen LogP contribution in [0.3, 0.4) is 0 Å². The van der Waals surface area contributed by atoms with E-state index in [-0.39, 0.29) is 5.91 Å². The lowest BCUT2D eigenvalue weighted by Gasteiger charge is -2.10. The molecule has 0 radical (unpaired) electrons. The molecule has 8 heteroatoms. The SMILES string of the molecule is CCCNc1ncc(Br)cc1C(=O)NCCc1ncon1. The maximum Gasteiger partial charge on any atom is 0.255 e. The summed E-state index contributed by atoms with van der Waals surface area (Å²) in [6, 6.07) is 1.74. The highest BCUT2D eigenvalue weighted by Crippen LogP contribution is 2.18.